The highest BCUT2D eigenvalue weighted by Crippen LogP contribution is 1.81. The Kier molecular flexibility index (Phi) is 4.94. The second-order valence-corrected chi connectivity index (χ2v) is 3.58. The molecule has 0 atom stereocenters. The van der Waals surface area contributed by atoms with Crippen molar-refractivity contribution in [3.63, 3.8) is 0 Å². The van der Waals surface area contributed by atoms with E-state index in [4.69, 9.17) is 10.2 Å². The lowest BCUT2D eigenvalue weighted by Crippen LogP contribution is -2.26. The Labute approximate surface area is 118 Å². The number of hydrogen-bond acceptors (Lipinski definition) is 6. The maximum absolute atomic E-state index is 10.6. The predicted octanol–water partition coefficient (Wildman–Crippen LogP) is -2.48. The smallest absolute Gasteiger partial charge is 0.342 e. The Morgan fingerprint density at radius 3 is 1.27 bits per heavy atom. The number of aromatic nitrogens is 4. The van der Waals surface area contributed by atoms with Gasteiger partial charge in [0.25, 0.3) is 11.1 Å². The maximum Gasteiger partial charge on any atom is 0.342 e. The summed E-state index contributed by atoms with van der Waals surface area (Å²) >= 11 is 0. The summed E-state index contributed by atoms with van der Waals surface area (Å²) in [6.07, 6.45) is 1.70. The van der Waals surface area contributed by atoms with Crippen molar-refractivity contribution in [1.29, 1.82) is 0 Å². The topological polar surface area (TPSA) is 206 Å². The molecule has 0 aliphatic carbocycles. The van der Waals surface area contributed by atoms with Gasteiger partial charge in [0.15, 0.2) is 0 Å². The van der Waals surface area contributed by atoms with Crippen LogP contribution in [0.4, 0.5) is 0 Å². The van der Waals surface area contributed by atoms with E-state index in [1.807, 2.05) is 9.97 Å². The second kappa shape index (κ2) is 6.65. The molecule has 12 nitrogen and oxygen atoms in total. The first kappa shape index (κ1) is 16.4. The molecule has 2 aromatic rings. The fourth-order valence-corrected chi connectivity index (χ4v) is 1.14. The third kappa shape index (κ3) is 4.16. The number of carbonyl (C=O) groups is 2. The number of aromatic amines is 4. The molecule has 0 saturated carbocycles. The Morgan fingerprint density at radius 2 is 1.05 bits per heavy atom. The lowest BCUT2D eigenvalue weighted by atomic mass is 10.3. The molecule has 12 heteroatoms. The molecule has 0 saturated heterocycles. The van der Waals surface area contributed by atoms with Crippen LogP contribution in [0.5, 0.6) is 0 Å². The van der Waals surface area contributed by atoms with Crippen LogP contribution in [-0.4, -0.2) is 42.1 Å². The highest BCUT2D eigenvalue weighted by atomic mass is 16.4. The number of nitrogens with one attached hydrogen (secondary N) is 4. The summed E-state index contributed by atoms with van der Waals surface area (Å²) in [5, 5.41) is 16.6. The Hall–Kier alpha value is -3.70. The first-order valence-electron chi connectivity index (χ1n) is 5.33. The molecule has 0 aromatic carbocycles. The zero-order valence-corrected chi connectivity index (χ0v) is 10.5. The second-order valence-electron chi connectivity index (χ2n) is 3.58. The Morgan fingerprint density at radius 1 is 0.727 bits per heavy atom. The van der Waals surface area contributed by atoms with Gasteiger partial charge in [-0.1, -0.05) is 0 Å². The lowest BCUT2D eigenvalue weighted by Gasteiger charge is -1.88. The molecular formula is C10H8N4O8. The normalized spacial score (nSPS) is 9.45. The summed E-state index contributed by atoms with van der Waals surface area (Å²) in [5.41, 5.74) is -4.21. The van der Waals surface area contributed by atoms with Gasteiger partial charge in [0.1, 0.15) is 11.1 Å². The zero-order valence-electron chi connectivity index (χ0n) is 10.5. The number of aromatic carboxylic acids is 2. The maximum atomic E-state index is 10.6. The molecule has 116 valence electrons. The van der Waals surface area contributed by atoms with Crippen molar-refractivity contribution in [3.05, 3.63) is 65.2 Å². The molecule has 0 aliphatic rings. The van der Waals surface area contributed by atoms with E-state index in [1.54, 1.807) is 9.97 Å². The lowest BCUT2D eigenvalue weighted by molar-refractivity contribution is 0.0683. The number of carboxylic acids is 2. The van der Waals surface area contributed by atoms with Gasteiger partial charge >= 0.3 is 23.3 Å². The number of hydrogen-bond donors (Lipinski definition) is 6. The molecular weight excluding hydrogens is 304 g/mol. The van der Waals surface area contributed by atoms with Gasteiger partial charge in [0.2, 0.25) is 0 Å². The van der Waals surface area contributed by atoms with Crippen LogP contribution < -0.4 is 22.5 Å². The number of rotatable bonds is 2. The van der Waals surface area contributed by atoms with Gasteiger partial charge in [-0.2, -0.15) is 0 Å². The minimum absolute atomic E-state index is 0.482. The average molecular weight is 312 g/mol. The van der Waals surface area contributed by atoms with Crippen LogP contribution in [0.2, 0.25) is 0 Å². The van der Waals surface area contributed by atoms with E-state index < -0.39 is 45.6 Å². The van der Waals surface area contributed by atoms with Crippen LogP contribution in [0.25, 0.3) is 0 Å². The van der Waals surface area contributed by atoms with E-state index in [-0.39, 0.29) is 0 Å². The van der Waals surface area contributed by atoms with Crippen molar-refractivity contribution >= 4 is 11.9 Å². The van der Waals surface area contributed by atoms with Crippen LogP contribution in [0.3, 0.4) is 0 Å². The van der Waals surface area contributed by atoms with Crippen molar-refractivity contribution in [2.24, 2.45) is 0 Å². The van der Waals surface area contributed by atoms with Crippen LogP contribution in [0, 0.1) is 0 Å². The van der Waals surface area contributed by atoms with Crippen molar-refractivity contribution in [2.45, 2.75) is 0 Å². The van der Waals surface area contributed by atoms with E-state index >= 15 is 0 Å². The fraction of sp³-hybridized carbons (Fsp3) is 0. The number of carboxylic acid groups (broad SMARTS) is 2. The van der Waals surface area contributed by atoms with Gasteiger partial charge in [-0.3, -0.25) is 19.6 Å². The third-order valence-corrected chi connectivity index (χ3v) is 2.10. The molecule has 0 unspecified atom stereocenters. The SMILES string of the molecule is O=C(O)c1c[nH]c(=O)[nH]c1=O.O=C(O)c1c[nH]c(=O)[nH]c1=O. The third-order valence-electron chi connectivity index (χ3n) is 2.10. The van der Waals surface area contributed by atoms with Gasteiger partial charge in [-0.25, -0.2) is 19.2 Å². The van der Waals surface area contributed by atoms with Gasteiger partial charge in [0.05, 0.1) is 0 Å². The van der Waals surface area contributed by atoms with Crippen molar-refractivity contribution < 1.29 is 19.8 Å². The number of H-pyrrole nitrogens is 4. The molecule has 22 heavy (non-hydrogen) atoms. The summed E-state index contributed by atoms with van der Waals surface area (Å²) in [6, 6.07) is 0. The molecule has 6 N–H and O–H groups in total. The van der Waals surface area contributed by atoms with E-state index in [0.29, 0.717) is 0 Å². The van der Waals surface area contributed by atoms with Crippen LogP contribution >= 0.6 is 0 Å². The molecule has 2 rings (SSSR count). The standard InChI is InChI=1S/2C5H4N2O4/c2*8-3-2(4(9)10)1-6-5(11)7-3/h2*1H,(H,9,10)(H2,6,7,8,11). The summed E-state index contributed by atoms with van der Waals surface area (Å²) in [4.78, 5) is 70.0. The molecule has 0 amide bonds. The van der Waals surface area contributed by atoms with Crippen LogP contribution in [0.1, 0.15) is 20.7 Å². The van der Waals surface area contributed by atoms with Crippen molar-refractivity contribution in [1.82, 2.24) is 19.9 Å². The van der Waals surface area contributed by atoms with Gasteiger partial charge in [-0.05, 0) is 0 Å². The highest BCUT2D eigenvalue weighted by molar-refractivity contribution is 5.86. The fourth-order valence-electron chi connectivity index (χ4n) is 1.14. The summed E-state index contributed by atoms with van der Waals surface area (Å²) in [7, 11) is 0. The Bertz CT molecular complexity index is 853. The van der Waals surface area contributed by atoms with Gasteiger partial charge < -0.3 is 20.2 Å². The van der Waals surface area contributed by atoms with E-state index in [9.17, 15) is 28.8 Å². The Balaban J connectivity index is 0.000000220. The van der Waals surface area contributed by atoms with Crippen LogP contribution in [0.15, 0.2) is 31.6 Å². The largest absolute Gasteiger partial charge is 0.477 e. The molecule has 0 spiro atoms. The highest BCUT2D eigenvalue weighted by Gasteiger charge is 2.07. The van der Waals surface area contributed by atoms with Gasteiger partial charge in [-0.15, -0.1) is 0 Å². The van der Waals surface area contributed by atoms with E-state index in [2.05, 4.69) is 0 Å². The molecule has 2 aromatic heterocycles. The molecule has 0 fully saturated rings. The predicted molar refractivity (Wildman–Crippen MR) is 69.3 cm³/mol. The van der Waals surface area contributed by atoms with Crippen LogP contribution in [-0.2, 0) is 0 Å². The summed E-state index contributed by atoms with van der Waals surface area (Å²) in [5.74, 6) is -2.75. The van der Waals surface area contributed by atoms with Crippen molar-refractivity contribution in [3.8, 4) is 0 Å². The summed E-state index contributed by atoms with van der Waals surface area (Å²) < 4.78 is 0. The van der Waals surface area contributed by atoms with Crippen molar-refractivity contribution in [2.75, 3.05) is 0 Å². The van der Waals surface area contributed by atoms with Gasteiger partial charge in [0, 0.05) is 12.4 Å². The molecule has 0 bridgehead atoms. The minimum atomic E-state index is -1.37. The minimum Gasteiger partial charge on any atom is -0.477 e. The van der Waals surface area contributed by atoms with E-state index in [1.165, 1.54) is 0 Å². The molecule has 2 heterocycles. The first-order chi connectivity index (χ1) is 10.2. The molecule has 0 radical (unpaired) electrons. The zero-order chi connectivity index (χ0) is 16.9. The average Bonchev–Trinajstić information content (AvgIpc) is 2.38. The molecule has 0 aliphatic heterocycles. The quantitative estimate of drug-likeness (QED) is 0.349. The first-order valence-corrected chi connectivity index (χ1v) is 5.33. The van der Waals surface area contributed by atoms with E-state index in [0.717, 1.165) is 12.4 Å². The summed E-state index contributed by atoms with van der Waals surface area (Å²) in [6.45, 7) is 0. The monoisotopic (exact) mass is 312 g/mol.